The Morgan fingerprint density at radius 3 is 2.62 bits per heavy atom. The van der Waals surface area contributed by atoms with Crippen LogP contribution >= 0.6 is 0 Å². The zero-order valence-corrected chi connectivity index (χ0v) is 8.80. The Morgan fingerprint density at radius 2 is 2.12 bits per heavy atom. The lowest BCUT2D eigenvalue weighted by Gasteiger charge is -2.24. The van der Waals surface area contributed by atoms with Crippen LogP contribution in [-0.4, -0.2) is 64.1 Å². The number of carboxylic acid groups (broad SMARTS) is 1. The Bertz CT molecular complexity index is 271. The predicted molar refractivity (Wildman–Crippen MR) is 53.9 cm³/mol. The minimum atomic E-state index is -1.30. The highest BCUT2D eigenvalue weighted by Crippen LogP contribution is 2.16. The molecule has 2 amide bonds. The van der Waals surface area contributed by atoms with E-state index in [9.17, 15) is 9.59 Å². The van der Waals surface area contributed by atoms with Gasteiger partial charge in [-0.15, -0.1) is 0 Å². The maximum absolute atomic E-state index is 11.6. The van der Waals surface area contributed by atoms with Crippen LogP contribution in [0.5, 0.6) is 0 Å². The van der Waals surface area contributed by atoms with Crippen molar-refractivity contribution < 1.29 is 24.9 Å². The first-order chi connectivity index (χ1) is 7.60. The van der Waals surface area contributed by atoms with E-state index >= 15 is 0 Å². The smallest absolute Gasteiger partial charge is 0.328 e. The zero-order valence-electron chi connectivity index (χ0n) is 8.80. The number of hydrogen-bond donors (Lipinski definition) is 4. The van der Waals surface area contributed by atoms with Crippen LogP contribution in [0.3, 0.4) is 0 Å². The molecule has 16 heavy (non-hydrogen) atoms. The van der Waals surface area contributed by atoms with Crippen molar-refractivity contribution in [2.24, 2.45) is 0 Å². The summed E-state index contributed by atoms with van der Waals surface area (Å²) in [7, 11) is 0. The van der Waals surface area contributed by atoms with Crippen LogP contribution in [0.1, 0.15) is 12.8 Å². The highest BCUT2D eigenvalue weighted by molar-refractivity contribution is 5.82. The lowest BCUT2D eigenvalue weighted by Crippen LogP contribution is -2.51. The van der Waals surface area contributed by atoms with E-state index in [1.165, 1.54) is 4.90 Å². The van der Waals surface area contributed by atoms with Gasteiger partial charge in [0, 0.05) is 6.54 Å². The molecule has 1 unspecified atom stereocenters. The third kappa shape index (κ3) is 2.83. The molecule has 1 aliphatic rings. The summed E-state index contributed by atoms with van der Waals surface area (Å²) in [5, 5.41) is 28.6. The largest absolute Gasteiger partial charge is 0.480 e. The van der Waals surface area contributed by atoms with Gasteiger partial charge in [-0.1, -0.05) is 0 Å². The van der Waals surface area contributed by atoms with Gasteiger partial charge in [0.2, 0.25) is 0 Å². The number of rotatable bonds is 4. The van der Waals surface area contributed by atoms with Crippen molar-refractivity contribution in [3.63, 3.8) is 0 Å². The lowest BCUT2D eigenvalue weighted by molar-refractivity contribution is -0.140. The quantitative estimate of drug-likeness (QED) is 0.476. The molecule has 0 saturated carbocycles. The van der Waals surface area contributed by atoms with E-state index in [0.717, 1.165) is 6.42 Å². The summed E-state index contributed by atoms with van der Waals surface area (Å²) in [5.74, 6) is -1.28. The van der Waals surface area contributed by atoms with Gasteiger partial charge < -0.3 is 25.5 Å². The van der Waals surface area contributed by atoms with Crippen molar-refractivity contribution >= 4 is 12.0 Å². The van der Waals surface area contributed by atoms with Gasteiger partial charge in [-0.3, -0.25) is 0 Å². The maximum Gasteiger partial charge on any atom is 0.328 e. The summed E-state index contributed by atoms with van der Waals surface area (Å²) in [6.45, 7) is -0.294. The Hall–Kier alpha value is -1.34. The van der Waals surface area contributed by atoms with Crippen LogP contribution < -0.4 is 5.32 Å². The molecule has 0 aromatic rings. The number of urea groups is 1. The molecule has 0 bridgehead atoms. The van der Waals surface area contributed by atoms with Crippen LogP contribution in [0, 0.1) is 0 Å². The molecular formula is C9H16N2O5. The number of amides is 2. The van der Waals surface area contributed by atoms with Crippen molar-refractivity contribution in [2.45, 2.75) is 24.9 Å². The van der Waals surface area contributed by atoms with Crippen LogP contribution in [-0.2, 0) is 4.79 Å². The average molecular weight is 232 g/mol. The molecule has 1 heterocycles. The van der Waals surface area contributed by atoms with Crippen molar-refractivity contribution in [3.05, 3.63) is 0 Å². The van der Waals surface area contributed by atoms with E-state index in [2.05, 4.69) is 5.32 Å². The molecule has 7 nitrogen and oxygen atoms in total. The summed E-state index contributed by atoms with van der Waals surface area (Å²) in [5.41, 5.74) is 0. The average Bonchev–Trinajstić information content (AvgIpc) is 2.72. The van der Waals surface area contributed by atoms with E-state index in [0.29, 0.717) is 13.0 Å². The van der Waals surface area contributed by atoms with E-state index in [1.54, 1.807) is 0 Å². The fourth-order valence-electron chi connectivity index (χ4n) is 1.71. The van der Waals surface area contributed by atoms with Gasteiger partial charge in [0.1, 0.15) is 0 Å². The summed E-state index contributed by atoms with van der Waals surface area (Å²) in [4.78, 5) is 23.6. The van der Waals surface area contributed by atoms with E-state index in [4.69, 9.17) is 15.3 Å². The van der Waals surface area contributed by atoms with Crippen LogP contribution in [0.15, 0.2) is 0 Å². The van der Waals surface area contributed by atoms with Gasteiger partial charge in [0.05, 0.1) is 19.3 Å². The molecule has 7 heteroatoms. The molecule has 0 radical (unpaired) electrons. The highest BCUT2D eigenvalue weighted by Gasteiger charge is 2.30. The molecule has 0 aliphatic carbocycles. The number of carbonyl (C=O) groups is 2. The number of aliphatic carboxylic acids is 1. The minimum Gasteiger partial charge on any atom is -0.480 e. The Kier molecular flexibility index (Phi) is 4.51. The number of hydrogen-bond acceptors (Lipinski definition) is 4. The molecule has 4 N–H and O–H groups in total. The first-order valence-electron chi connectivity index (χ1n) is 5.11. The fourth-order valence-corrected chi connectivity index (χ4v) is 1.71. The van der Waals surface area contributed by atoms with E-state index < -0.39 is 24.6 Å². The number of likely N-dealkylation sites (tertiary alicyclic amines) is 1. The summed E-state index contributed by atoms with van der Waals surface area (Å²) in [6, 6.07) is -2.11. The Balaban J connectivity index is 2.54. The monoisotopic (exact) mass is 232 g/mol. The van der Waals surface area contributed by atoms with E-state index in [-0.39, 0.29) is 12.6 Å². The Morgan fingerprint density at radius 1 is 1.44 bits per heavy atom. The lowest BCUT2D eigenvalue weighted by atomic mass is 10.2. The normalized spacial score (nSPS) is 21.9. The third-order valence-electron chi connectivity index (χ3n) is 2.63. The van der Waals surface area contributed by atoms with Gasteiger partial charge in [0.15, 0.2) is 6.04 Å². The van der Waals surface area contributed by atoms with Crippen molar-refractivity contribution in [1.82, 2.24) is 10.2 Å². The van der Waals surface area contributed by atoms with Gasteiger partial charge in [-0.25, -0.2) is 9.59 Å². The molecule has 2 atom stereocenters. The van der Waals surface area contributed by atoms with Crippen LogP contribution in [0.4, 0.5) is 4.79 Å². The second kappa shape index (κ2) is 5.66. The molecule has 0 spiro atoms. The van der Waals surface area contributed by atoms with Gasteiger partial charge in [-0.2, -0.15) is 0 Å². The molecule has 0 aromatic heterocycles. The number of carbonyl (C=O) groups excluding carboxylic acids is 1. The molecule has 1 aliphatic heterocycles. The number of nitrogens with zero attached hydrogens (tertiary/aromatic N) is 1. The fraction of sp³-hybridized carbons (Fsp3) is 0.778. The maximum atomic E-state index is 11.6. The zero-order chi connectivity index (χ0) is 12.1. The third-order valence-corrected chi connectivity index (χ3v) is 2.63. The second-order valence-corrected chi connectivity index (χ2v) is 3.69. The topological polar surface area (TPSA) is 110 Å². The van der Waals surface area contributed by atoms with E-state index in [1.807, 2.05) is 0 Å². The minimum absolute atomic E-state index is 0.135. The van der Waals surface area contributed by atoms with Crippen LogP contribution in [0.25, 0.3) is 0 Å². The SMILES string of the molecule is O=C(O)[C@@H](CO)NC(=O)N1CCCC1CO. The first-order valence-corrected chi connectivity index (χ1v) is 5.11. The first kappa shape index (κ1) is 12.7. The van der Waals surface area contributed by atoms with Gasteiger partial charge in [-0.05, 0) is 12.8 Å². The van der Waals surface area contributed by atoms with Gasteiger partial charge in [0.25, 0.3) is 0 Å². The summed E-state index contributed by atoms with van der Waals surface area (Å²) >= 11 is 0. The molecular weight excluding hydrogens is 216 g/mol. The second-order valence-electron chi connectivity index (χ2n) is 3.69. The summed E-state index contributed by atoms with van der Waals surface area (Å²) in [6.07, 6.45) is 1.50. The summed E-state index contributed by atoms with van der Waals surface area (Å²) < 4.78 is 0. The standard InChI is InChI=1S/C9H16N2O5/c12-4-6-2-1-3-11(6)9(16)10-7(5-13)8(14)15/h6-7,12-13H,1-5H2,(H,10,16)(H,14,15)/t6?,7-/m1/s1. The highest BCUT2D eigenvalue weighted by atomic mass is 16.4. The number of aliphatic hydroxyl groups excluding tert-OH is 2. The number of nitrogens with one attached hydrogen (secondary N) is 1. The Labute approximate surface area is 92.7 Å². The van der Waals surface area contributed by atoms with Crippen molar-refractivity contribution in [2.75, 3.05) is 19.8 Å². The number of aliphatic hydroxyl groups is 2. The van der Waals surface area contributed by atoms with Crippen molar-refractivity contribution in [1.29, 1.82) is 0 Å². The molecule has 0 aromatic carbocycles. The molecule has 1 fully saturated rings. The van der Waals surface area contributed by atoms with Crippen LogP contribution in [0.2, 0.25) is 0 Å². The molecule has 1 rings (SSSR count). The van der Waals surface area contributed by atoms with Gasteiger partial charge >= 0.3 is 12.0 Å². The molecule has 92 valence electrons. The predicted octanol–water partition coefficient (Wildman–Crippen LogP) is -1.40. The van der Waals surface area contributed by atoms with Crippen molar-refractivity contribution in [3.8, 4) is 0 Å². The molecule has 1 saturated heterocycles. The number of carboxylic acids is 1.